The molecule has 1 saturated carbocycles. The summed E-state index contributed by atoms with van der Waals surface area (Å²) >= 11 is 0. The first-order valence-corrected chi connectivity index (χ1v) is 5.98. The largest absolute Gasteiger partial charge is 0.481 e. The molecule has 0 saturated heterocycles. The predicted octanol–water partition coefficient (Wildman–Crippen LogP) is 1.31. The van der Waals surface area contributed by atoms with Crippen LogP contribution >= 0.6 is 0 Å². The molecule has 2 N–H and O–H groups in total. The number of aromatic nitrogens is 2. The van der Waals surface area contributed by atoms with Crippen LogP contribution in [0.2, 0.25) is 0 Å². The number of carbonyl (C=O) groups excluding carboxylic acids is 1. The molecule has 0 spiro atoms. The second-order valence-corrected chi connectivity index (χ2v) is 4.50. The lowest BCUT2D eigenvalue weighted by Crippen LogP contribution is -2.31. The van der Waals surface area contributed by atoms with Gasteiger partial charge in [-0.25, -0.2) is 0 Å². The molecule has 6 nitrogen and oxygen atoms in total. The number of aliphatic carboxylic acids is 1. The molecule has 0 aromatic carbocycles. The number of nitrogens with one attached hydrogen (secondary N) is 1. The Hall–Kier alpha value is -1.98. The zero-order chi connectivity index (χ0) is 13.0. The second kappa shape index (κ2) is 5.57. The third-order valence-electron chi connectivity index (χ3n) is 3.22. The first kappa shape index (κ1) is 12.5. The molecule has 1 aromatic rings. The molecule has 1 heterocycles. The van der Waals surface area contributed by atoms with Gasteiger partial charge in [-0.3, -0.25) is 9.59 Å². The van der Waals surface area contributed by atoms with Crippen LogP contribution in [0.25, 0.3) is 0 Å². The molecule has 0 aliphatic heterocycles. The summed E-state index contributed by atoms with van der Waals surface area (Å²) in [5.41, 5.74) is 0. The molecule has 2 atom stereocenters. The van der Waals surface area contributed by atoms with E-state index in [4.69, 9.17) is 5.11 Å². The number of amides is 1. The fourth-order valence-electron chi connectivity index (χ4n) is 2.25. The smallest absolute Gasteiger partial charge is 0.306 e. The van der Waals surface area contributed by atoms with Gasteiger partial charge >= 0.3 is 5.97 Å². The van der Waals surface area contributed by atoms with Crippen molar-refractivity contribution in [2.24, 2.45) is 11.8 Å². The van der Waals surface area contributed by atoms with Gasteiger partial charge in [-0.05, 0) is 31.4 Å². The molecule has 96 valence electrons. The molecule has 1 aromatic heterocycles. The summed E-state index contributed by atoms with van der Waals surface area (Å²) in [5.74, 6) is -1.23. The van der Waals surface area contributed by atoms with Gasteiger partial charge in [-0.15, -0.1) is 5.10 Å². The molecule has 1 aliphatic carbocycles. The van der Waals surface area contributed by atoms with Crippen molar-refractivity contribution in [3.63, 3.8) is 0 Å². The summed E-state index contributed by atoms with van der Waals surface area (Å²) in [7, 11) is 0. The molecule has 1 fully saturated rings. The van der Waals surface area contributed by atoms with E-state index in [1.165, 1.54) is 6.20 Å². The number of hydrogen-bond donors (Lipinski definition) is 2. The summed E-state index contributed by atoms with van der Waals surface area (Å²) in [6.07, 6.45) is 4.09. The Labute approximate surface area is 104 Å². The number of carboxylic acids is 1. The number of carboxylic acid groups (broad SMARTS) is 1. The van der Waals surface area contributed by atoms with Crippen molar-refractivity contribution in [2.45, 2.75) is 25.7 Å². The Morgan fingerprint density at radius 3 is 2.78 bits per heavy atom. The van der Waals surface area contributed by atoms with Gasteiger partial charge in [0.25, 0.3) is 0 Å². The van der Waals surface area contributed by atoms with Crippen LogP contribution in [0.4, 0.5) is 5.82 Å². The molecule has 2 rings (SSSR count). The maximum atomic E-state index is 12.0. The van der Waals surface area contributed by atoms with Gasteiger partial charge in [0.1, 0.15) is 0 Å². The van der Waals surface area contributed by atoms with E-state index in [0.717, 1.165) is 12.8 Å². The van der Waals surface area contributed by atoms with Crippen LogP contribution in [0.15, 0.2) is 18.3 Å². The van der Waals surface area contributed by atoms with Gasteiger partial charge in [-0.2, -0.15) is 5.10 Å². The summed E-state index contributed by atoms with van der Waals surface area (Å²) in [5, 5.41) is 19.1. The van der Waals surface area contributed by atoms with Crippen LogP contribution in [-0.2, 0) is 9.59 Å². The van der Waals surface area contributed by atoms with E-state index in [-0.39, 0.29) is 11.8 Å². The molecule has 0 bridgehead atoms. The van der Waals surface area contributed by atoms with E-state index in [0.29, 0.717) is 18.7 Å². The van der Waals surface area contributed by atoms with Gasteiger partial charge < -0.3 is 10.4 Å². The second-order valence-electron chi connectivity index (χ2n) is 4.50. The SMILES string of the molecule is O=C(O)C1CCCC(C(=O)Nc2cccnn2)C1. The van der Waals surface area contributed by atoms with Crippen molar-refractivity contribution in [1.29, 1.82) is 0 Å². The Morgan fingerprint density at radius 2 is 2.11 bits per heavy atom. The fourth-order valence-corrected chi connectivity index (χ4v) is 2.25. The first-order chi connectivity index (χ1) is 8.66. The quantitative estimate of drug-likeness (QED) is 0.842. The number of nitrogens with zero attached hydrogens (tertiary/aromatic N) is 2. The van der Waals surface area contributed by atoms with Crippen LogP contribution in [0.3, 0.4) is 0 Å². The van der Waals surface area contributed by atoms with Gasteiger partial charge in [0, 0.05) is 12.1 Å². The molecular weight excluding hydrogens is 234 g/mol. The third-order valence-corrected chi connectivity index (χ3v) is 3.22. The highest BCUT2D eigenvalue weighted by Crippen LogP contribution is 2.29. The average Bonchev–Trinajstić information content (AvgIpc) is 2.40. The van der Waals surface area contributed by atoms with Crippen molar-refractivity contribution in [1.82, 2.24) is 10.2 Å². The lowest BCUT2D eigenvalue weighted by molar-refractivity contribution is -0.143. The van der Waals surface area contributed by atoms with Gasteiger partial charge in [0.15, 0.2) is 5.82 Å². The highest BCUT2D eigenvalue weighted by molar-refractivity contribution is 5.92. The van der Waals surface area contributed by atoms with Crippen LogP contribution in [0.1, 0.15) is 25.7 Å². The van der Waals surface area contributed by atoms with E-state index < -0.39 is 11.9 Å². The van der Waals surface area contributed by atoms with Crippen LogP contribution in [0, 0.1) is 11.8 Å². The molecule has 0 radical (unpaired) electrons. The molecule has 1 amide bonds. The Kier molecular flexibility index (Phi) is 3.86. The first-order valence-electron chi connectivity index (χ1n) is 5.98. The van der Waals surface area contributed by atoms with Crippen molar-refractivity contribution >= 4 is 17.7 Å². The average molecular weight is 249 g/mol. The highest BCUT2D eigenvalue weighted by Gasteiger charge is 2.31. The zero-order valence-corrected chi connectivity index (χ0v) is 9.87. The maximum absolute atomic E-state index is 12.0. The van der Waals surface area contributed by atoms with Gasteiger partial charge in [-0.1, -0.05) is 6.42 Å². The standard InChI is InChI=1S/C12H15N3O3/c16-11(14-10-5-2-6-13-15-10)8-3-1-4-9(7-8)12(17)18/h2,5-6,8-9H,1,3-4,7H2,(H,17,18)(H,14,15,16). The molecule has 1 aliphatic rings. The summed E-state index contributed by atoms with van der Waals surface area (Å²) in [6.45, 7) is 0. The van der Waals surface area contributed by atoms with Gasteiger partial charge in [0.05, 0.1) is 5.92 Å². The van der Waals surface area contributed by atoms with Crippen molar-refractivity contribution in [3.8, 4) is 0 Å². The highest BCUT2D eigenvalue weighted by atomic mass is 16.4. The van der Waals surface area contributed by atoms with E-state index in [2.05, 4.69) is 15.5 Å². The van der Waals surface area contributed by atoms with Crippen molar-refractivity contribution in [3.05, 3.63) is 18.3 Å². The summed E-state index contributed by atoms with van der Waals surface area (Å²) in [6, 6.07) is 3.34. The van der Waals surface area contributed by atoms with Crippen LogP contribution in [0.5, 0.6) is 0 Å². The monoisotopic (exact) mass is 249 g/mol. The Balaban J connectivity index is 1.95. The van der Waals surface area contributed by atoms with E-state index >= 15 is 0 Å². The molecule has 2 unspecified atom stereocenters. The van der Waals surface area contributed by atoms with E-state index in [1.54, 1.807) is 12.1 Å². The molecular formula is C12H15N3O3. The normalized spacial score (nSPS) is 23.3. The molecule has 6 heteroatoms. The number of hydrogen-bond acceptors (Lipinski definition) is 4. The Bertz CT molecular complexity index is 435. The minimum atomic E-state index is -0.813. The van der Waals surface area contributed by atoms with Gasteiger partial charge in [0.2, 0.25) is 5.91 Å². The summed E-state index contributed by atoms with van der Waals surface area (Å²) < 4.78 is 0. The van der Waals surface area contributed by atoms with Crippen LogP contribution in [-0.4, -0.2) is 27.2 Å². The Morgan fingerprint density at radius 1 is 1.33 bits per heavy atom. The minimum absolute atomic E-state index is 0.165. The van der Waals surface area contributed by atoms with E-state index in [9.17, 15) is 9.59 Å². The number of anilines is 1. The number of rotatable bonds is 3. The number of carbonyl (C=O) groups is 2. The lowest BCUT2D eigenvalue weighted by Gasteiger charge is -2.25. The van der Waals surface area contributed by atoms with Crippen molar-refractivity contribution in [2.75, 3.05) is 5.32 Å². The minimum Gasteiger partial charge on any atom is -0.481 e. The maximum Gasteiger partial charge on any atom is 0.306 e. The summed E-state index contributed by atoms with van der Waals surface area (Å²) in [4.78, 5) is 22.9. The topological polar surface area (TPSA) is 92.2 Å². The lowest BCUT2D eigenvalue weighted by atomic mass is 9.81. The fraction of sp³-hybridized carbons (Fsp3) is 0.500. The zero-order valence-electron chi connectivity index (χ0n) is 9.87. The van der Waals surface area contributed by atoms with Crippen LogP contribution < -0.4 is 5.32 Å². The molecule has 18 heavy (non-hydrogen) atoms. The predicted molar refractivity (Wildman–Crippen MR) is 63.7 cm³/mol. The van der Waals surface area contributed by atoms with E-state index in [1.807, 2.05) is 0 Å². The van der Waals surface area contributed by atoms with Crippen molar-refractivity contribution < 1.29 is 14.7 Å². The third kappa shape index (κ3) is 3.03.